The summed E-state index contributed by atoms with van der Waals surface area (Å²) < 4.78 is 16.8. The van der Waals surface area contributed by atoms with Gasteiger partial charge in [-0.2, -0.15) is 0 Å². The number of hydrogen-bond donors (Lipinski definition) is 1. The van der Waals surface area contributed by atoms with Crippen LogP contribution in [0.2, 0.25) is 0 Å². The lowest BCUT2D eigenvalue weighted by Crippen LogP contribution is -2.53. The van der Waals surface area contributed by atoms with Crippen molar-refractivity contribution in [2.24, 2.45) is 0 Å². The predicted octanol–water partition coefficient (Wildman–Crippen LogP) is 4.24. The highest BCUT2D eigenvalue weighted by atomic mass is 16.6. The van der Waals surface area contributed by atoms with E-state index < -0.39 is 0 Å². The fraction of sp³-hybridized carbons (Fsp3) is 0.652. The first-order chi connectivity index (χ1) is 14.9. The molecule has 0 aromatic heterocycles. The monoisotopic (exact) mass is 431 g/mol. The van der Waals surface area contributed by atoms with Crippen LogP contribution in [0.15, 0.2) is 18.2 Å². The van der Waals surface area contributed by atoms with Gasteiger partial charge in [-0.05, 0) is 64.5 Å². The number of cyclic esters (lactones) is 1. The van der Waals surface area contributed by atoms with Gasteiger partial charge in [0.1, 0.15) is 6.61 Å². The summed E-state index contributed by atoms with van der Waals surface area (Å²) in [5.74, 6) is 1.34. The summed E-state index contributed by atoms with van der Waals surface area (Å²) in [7, 11) is 1.62. The highest BCUT2D eigenvalue weighted by Crippen LogP contribution is 2.34. The molecule has 0 unspecified atom stereocenters. The SMILES string of the molecule is COc1ccc(NC(=O)N2CCC(N3C(=O)OCC3(C)C)CC2)cc1OC1CCCC1. The predicted molar refractivity (Wildman–Crippen MR) is 117 cm³/mol. The van der Waals surface area contributed by atoms with E-state index in [1.165, 1.54) is 12.8 Å². The number of methoxy groups -OCH3 is 1. The van der Waals surface area contributed by atoms with Crippen LogP contribution in [-0.4, -0.2) is 66.4 Å². The van der Waals surface area contributed by atoms with Crippen molar-refractivity contribution in [3.63, 3.8) is 0 Å². The van der Waals surface area contributed by atoms with Gasteiger partial charge in [0, 0.05) is 30.9 Å². The van der Waals surface area contributed by atoms with Crippen LogP contribution in [-0.2, 0) is 4.74 Å². The number of hydrogen-bond acceptors (Lipinski definition) is 5. The summed E-state index contributed by atoms with van der Waals surface area (Å²) in [5.41, 5.74) is 0.385. The average molecular weight is 432 g/mol. The van der Waals surface area contributed by atoms with Gasteiger partial charge in [0.15, 0.2) is 11.5 Å². The van der Waals surface area contributed by atoms with Gasteiger partial charge in [0.2, 0.25) is 0 Å². The molecule has 0 atom stereocenters. The minimum Gasteiger partial charge on any atom is -0.493 e. The highest BCUT2D eigenvalue weighted by molar-refractivity contribution is 5.89. The Labute approximate surface area is 183 Å². The molecule has 170 valence electrons. The Morgan fingerprint density at radius 1 is 1.13 bits per heavy atom. The molecule has 8 nitrogen and oxygen atoms in total. The van der Waals surface area contributed by atoms with Crippen LogP contribution in [0.1, 0.15) is 52.4 Å². The molecule has 1 aromatic rings. The van der Waals surface area contributed by atoms with Crippen molar-refractivity contribution in [1.82, 2.24) is 9.80 Å². The fourth-order valence-electron chi connectivity index (χ4n) is 4.83. The van der Waals surface area contributed by atoms with Crippen LogP contribution in [0.25, 0.3) is 0 Å². The maximum atomic E-state index is 12.8. The number of likely N-dealkylation sites (tertiary alicyclic amines) is 1. The molecule has 2 saturated heterocycles. The number of ether oxygens (including phenoxy) is 3. The van der Waals surface area contributed by atoms with Crippen LogP contribution in [0.4, 0.5) is 15.3 Å². The van der Waals surface area contributed by atoms with Crippen LogP contribution < -0.4 is 14.8 Å². The molecule has 2 heterocycles. The van der Waals surface area contributed by atoms with Crippen molar-refractivity contribution in [2.75, 3.05) is 32.1 Å². The fourth-order valence-corrected chi connectivity index (χ4v) is 4.83. The molecule has 3 fully saturated rings. The maximum absolute atomic E-state index is 12.8. The Morgan fingerprint density at radius 3 is 2.45 bits per heavy atom. The molecular formula is C23H33N3O5. The van der Waals surface area contributed by atoms with Crippen molar-refractivity contribution in [3.05, 3.63) is 18.2 Å². The first-order valence-electron chi connectivity index (χ1n) is 11.2. The molecule has 0 radical (unpaired) electrons. The van der Waals surface area contributed by atoms with E-state index in [1.807, 2.05) is 36.9 Å². The summed E-state index contributed by atoms with van der Waals surface area (Å²) in [6.07, 6.45) is 5.92. The average Bonchev–Trinajstić information content (AvgIpc) is 3.35. The maximum Gasteiger partial charge on any atom is 0.410 e. The number of urea groups is 1. The van der Waals surface area contributed by atoms with Gasteiger partial charge in [0.25, 0.3) is 0 Å². The summed E-state index contributed by atoms with van der Waals surface area (Å²) >= 11 is 0. The molecule has 3 aliphatic rings. The number of carbonyl (C=O) groups is 2. The quantitative estimate of drug-likeness (QED) is 0.754. The topological polar surface area (TPSA) is 80.3 Å². The number of benzene rings is 1. The van der Waals surface area contributed by atoms with Gasteiger partial charge in [-0.15, -0.1) is 0 Å². The lowest BCUT2D eigenvalue weighted by Gasteiger charge is -2.40. The van der Waals surface area contributed by atoms with Crippen molar-refractivity contribution in [3.8, 4) is 11.5 Å². The first-order valence-corrected chi connectivity index (χ1v) is 11.2. The Morgan fingerprint density at radius 2 is 1.84 bits per heavy atom. The molecule has 0 bridgehead atoms. The Balaban J connectivity index is 1.35. The molecule has 2 aliphatic heterocycles. The molecule has 1 saturated carbocycles. The van der Waals surface area contributed by atoms with Crippen molar-refractivity contribution in [1.29, 1.82) is 0 Å². The highest BCUT2D eigenvalue weighted by Gasteiger charge is 2.44. The van der Waals surface area contributed by atoms with E-state index in [9.17, 15) is 9.59 Å². The number of piperidine rings is 1. The van der Waals surface area contributed by atoms with E-state index >= 15 is 0 Å². The second-order valence-electron chi connectivity index (χ2n) is 9.28. The molecule has 3 amide bonds. The van der Waals surface area contributed by atoms with Crippen LogP contribution in [0, 0.1) is 0 Å². The molecule has 1 aromatic carbocycles. The zero-order valence-corrected chi connectivity index (χ0v) is 18.7. The Kier molecular flexibility index (Phi) is 6.16. The number of carbonyl (C=O) groups excluding carboxylic acids is 2. The Bertz CT molecular complexity index is 813. The molecule has 31 heavy (non-hydrogen) atoms. The third kappa shape index (κ3) is 4.67. The van der Waals surface area contributed by atoms with E-state index in [4.69, 9.17) is 14.2 Å². The summed E-state index contributed by atoms with van der Waals surface area (Å²) in [4.78, 5) is 28.6. The van der Waals surface area contributed by atoms with Gasteiger partial charge in [-0.3, -0.25) is 4.90 Å². The van der Waals surface area contributed by atoms with E-state index in [2.05, 4.69) is 5.32 Å². The molecular weight excluding hydrogens is 398 g/mol. The van der Waals surface area contributed by atoms with Gasteiger partial charge in [-0.1, -0.05) is 0 Å². The van der Waals surface area contributed by atoms with Gasteiger partial charge in [-0.25, -0.2) is 9.59 Å². The van der Waals surface area contributed by atoms with E-state index in [1.54, 1.807) is 12.0 Å². The lowest BCUT2D eigenvalue weighted by molar-refractivity contribution is 0.0958. The normalized spacial score (nSPS) is 21.8. The summed E-state index contributed by atoms with van der Waals surface area (Å²) in [5, 5.41) is 2.98. The minimum absolute atomic E-state index is 0.0986. The van der Waals surface area contributed by atoms with Crippen molar-refractivity contribution < 1.29 is 23.8 Å². The van der Waals surface area contributed by atoms with Crippen LogP contribution in [0.3, 0.4) is 0 Å². The number of nitrogens with zero attached hydrogens (tertiary/aromatic N) is 2. The third-order valence-corrected chi connectivity index (χ3v) is 6.53. The van der Waals surface area contributed by atoms with Crippen molar-refractivity contribution >= 4 is 17.8 Å². The molecule has 1 N–H and O–H groups in total. The first kappa shape index (κ1) is 21.6. The van der Waals surface area contributed by atoms with Gasteiger partial charge < -0.3 is 24.4 Å². The van der Waals surface area contributed by atoms with Crippen LogP contribution >= 0.6 is 0 Å². The third-order valence-electron chi connectivity index (χ3n) is 6.53. The van der Waals surface area contributed by atoms with E-state index in [0.717, 1.165) is 25.7 Å². The second-order valence-corrected chi connectivity index (χ2v) is 9.28. The number of nitrogens with one attached hydrogen (secondary N) is 1. The molecule has 8 heteroatoms. The standard InChI is InChI=1S/C23H33N3O5/c1-23(2)15-30-22(28)26(23)17-10-12-25(13-11-17)21(27)24-16-8-9-19(29-3)20(14-16)31-18-6-4-5-7-18/h8-9,14,17-18H,4-7,10-13,15H2,1-3H3,(H,24,27). The lowest BCUT2D eigenvalue weighted by atomic mass is 9.97. The minimum atomic E-state index is -0.301. The molecule has 1 aliphatic carbocycles. The largest absolute Gasteiger partial charge is 0.493 e. The smallest absolute Gasteiger partial charge is 0.410 e. The van der Waals surface area contributed by atoms with Gasteiger partial charge >= 0.3 is 12.1 Å². The molecule has 0 spiro atoms. The van der Waals surface area contributed by atoms with Crippen molar-refractivity contribution in [2.45, 2.75) is 70.1 Å². The zero-order valence-electron chi connectivity index (χ0n) is 18.7. The number of anilines is 1. The van der Waals surface area contributed by atoms with Gasteiger partial charge in [0.05, 0.1) is 18.8 Å². The second kappa shape index (κ2) is 8.85. The summed E-state index contributed by atoms with van der Waals surface area (Å²) in [6.45, 7) is 5.64. The van der Waals surface area contributed by atoms with Crippen LogP contribution in [0.5, 0.6) is 11.5 Å². The summed E-state index contributed by atoms with van der Waals surface area (Å²) in [6, 6.07) is 5.45. The number of amides is 3. The Hall–Kier alpha value is -2.64. The number of rotatable bonds is 5. The zero-order chi connectivity index (χ0) is 22.0. The van der Waals surface area contributed by atoms with E-state index in [0.29, 0.717) is 36.9 Å². The van der Waals surface area contributed by atoms with E-state index in [-0.39, 0.29) is 29.8 Å². The molecule has 4 rings (SSSR count).